The molecule has 0 aromatic heterocycles. The molecule has 5 heteroatoms. The maximum absolute atomic E-state index is 11.8. The number of carboxylic acids is 1. The average molecular weight is 369 g/mol. The number of aliphatic carboxylic acids is 1. The summed E-state index contributed by atoms with van der Waals surface area (Å²) in [6.45, 7) is 3.53. The van der Waals surface area contributed by atoms with Gasteiger partial charge in [0.05, 0.1) is 0 Å². The highest BCUT2D eigenvalue weighted by Crippen LogP contribution is 2.34. The van der Waals surface area contributed by atoms with Gasteiger partial charge >= 0.3 is 5.97 Å². The molecule has 2 aromatic rings. The highest BCUT2D eigenvalue weighted by Gasteiger charge is 2.37. The van der Waals surface area contributed by atoms with E-state index in [0.29, 0.717) is 10.6 Å². The van der Waals surface area contributed by atoms with Crippen molar-refractivity contribution >= 4 is 39.2 Å². The van der Waals surface area contributed by atoms with Crippen molar-refractivity contribution in [2.24, 2.45) is 0 Å². The molecule has 1 atom stereocenters. The third-order valence-corrected chi connectivity index (χ3v) is 4.23. The van der Waals surface area contributed by atoms with Crippen LogP contribution in [0.2, 0.25) is 5.02 Å². The fraction of sp³-hybridized carbons (Fsp3) is 0.188. The van der Waals surface area contributed by atoms with E-state index in [4.69, 9.17) is 11.6 Å². The lowest BCUT2D eigenvalue weighted by atomic mass is 9.91. The van der Waals surface area contributed by atoms with E-state index in [1.807, 2.05) is 31.2 Å². The summed E-state index contributed by atoms with van der Waals surface area (Å²) in [4.78, 5) is 11.8. The van der Waals surface area contributed by atoms with Gasteiger partial charge in [-0.05, 0) is 37.6 Å². The van der Waals surface area contributed by atoms with Crippen molar-refractivity contribution in [3.8, 4) is 0 Å². The first kappa shape index (κ1) is 15.9. The second-order valence-electron chi connectivity index (χ2n) is 4.99. The molecule has 0 aliphatic carbocycles. The summed E-state index contributed by atoms with van der Waals surface area (Å²) in [5, 5.41) is 13.2. The molecule has 0 aliphatic rings. The number of para-hydroxylation sites is 1. The number of aryl methyl sites for hydroxylation is 1. The smallest absolute Gasteiger partial charge is 0.333 e. The Morgan fingerprint density at radius 3 is 2.52 bits per heavy atom. The van der Waals surface area contributed by atoms with Gasteiger partial charge in [-0.2, -0.15) is 0 Å². The number of rotatable bonds is 4. The van der Waals surface area contributed by atoms with E-state index >= 15 is 0 Å². The molecule has 2 rings (SSSR count). The average Bonchev–Trinajstić information content (AvgIpc) is 2.41. The molecule has 2 N–H and O–H groups in total. The number of benzene rings is 2. The third kappa shape index (κ3) is 3.22. The summed E-state index contributed by atoms with van der Waals surface area (Å²) in [6, 6.07) is 12.7. The first-order chi connectivity index (χ1) is 9.84. The molecule has 0 saturated carbocycles. The number of nitrogens with one attached hydrogen (secondary N) is 1. The molecule has 0 amide bonds. The van der Waals surface area contributed by atoms with E-state index in [1.165, 1.54) is 0 Å². The van der Waals surface area contributed by atoms with E-state index < -0.39 is 11.5 Å². The lowest BCUT2D eigenvalue weighted by Gasteiger charge is -2.29. The first-order valence-corrected chi connectivity index (χ1v) is 7.54. The third-order valence-electron chi connectivity index (χ3n) is 3.43. The number of halogens is 2. The van der Waals surface area contributed by atoms with Gasteiger partial charge in [0.15, 0.2) is 5.54 Å². The molecule has 21 heavy (non-hydrogen) atoms. The van der Waals surface area contributed by atoms with Crippen LogP contribution in [0.1, 0.15) is 18.1 Å². The molecular weight excluding hydrogens is 354 g/mol. The molecule has 110 valence electrons. The van der Waals surface area contributed by atoms with Gasteiger partial charge in [0, 0.05) is 20.7 Å². The van der Waals surface area contributed by atoms with Gasteiger partial charge in [0.25, 0.3) is 0 Å². The van der Waals surface area contributed by atoms with Gasteiger partial charge in [-0.15, -0.1) is 0 Å². The molecular formula is C16H15BrClNO2. The van der Waals surface area contributed by atoms with Crippen LogP contribution in [-0.4, -0.2) is 11.1 Å². The Morgan fingerprint density at radius 1 is 1.29 bits per heavy atom. The number of hydrogen-bond donors (Lipinski definition) is 2. The monoisotopic (exact) mass is 367 g/mol. The van der Waals surface area contributed by atoms with Crippen LogP contribution < -0.4 is 5.32 Å². The van der Waals surface area contributed by atoms with Crippen molar-refractivity contribution in [2.75, 3.05) is 5.32 Å². The van der Waals surface area contributed by atoms with Crippen molar-refractivity contribution in [1.82, 2.24) is 0 Å². The van der Waals surface area contributed by atoms with Crippen LogP contribution in [0.5, 0.6) is 0 Å². The zero-order chi connectivity index (χ0) is 15.6. The second-order valence-corrected chi connectivity index (χ2v) is 6.32. The van der Waals surface area contributed by atoms with Crippen LogP contribution in [-0.2, 0) is 10.3 Å². The Kier molecular flexibility index (Phi) is 4.59. The van der Waals surface area contributed by atoms with E-state index in [9.17, 15) is 9.90 Å². The first-order valence-electron chi connectivity index (χ1n) is 6.37. The van der Waals surface area contributed by atoms with Gasteiger partial charge in [-0.25, -0.2) is 4.79 Å². The fourth-order valence-corrected chi connectivity index (χ4v) is 2.98. The Hall–Kier alpha value is -1.52. The fourth-order valence-electron chi connectivity index (χ4n) is 2.11. The zero-order valence-corrected chi connectivity index (χ0v) is 14.0. The minimum absolute atomic E-state index is 0.398. The van der Waals surface area contributed by atoms with Crippen LogP contribution in [0.3, 0.4) is 0 Å². The predicted octanol–water partition coefficient (Wildman–Crippen LogP) is 4.82. The van der Waals surface area contributed by atoms with E-state index in [-0.39, 0.29) is 0 Å². The molecule has 3 nitrogen and oxygen atoms in total. The summed E-state index contributed by atoms with van der Waals surface area (Å²) in [5.74, 6) is -0.991. The number of carboxylic acid groups (broad SMARTS) is 1. The van der Waals surface area contributed by atoms with Gasteiger partial charge in [-0.1, -0.05) is 51.8 Å². The van der Waals surface area contributed by atoms with Crippen molar-refractivity contribution in [3.05, 3.63) is 63.1 Å². The molecule has 0 heterocycles. The van der Waals surface area contributed by atoms with Crippen LogP contribution >= 0.6 is 27.5 Å². The topological polar surface area (TPSA) is 49.3 Å². The normalized spacial score (nSPS) is 13.5. The molecule has 0 saturated heterocycles. The summed E-state index contributed by atoms with van der Waals surface area (Å²) >= 11 is 9.56. The highest BCUT2D eigenvalue weighted by molar-refractivity contribution is 9.10. The molecule has 0 fully saturated rings. The largest absolute Gasteiger partial charge is 0.479 e. The van der Waals surface area contributed by atoms with E-state index in [1.54, 1.807) is 25.1 Å². The predicted molar refractivity (Wildman–Crippen MR) is 88.9 cm³/mol. The Bertz CT molecular complexity index is 690. The quantitative estimate of drug-likeness (QED) is 0.813. The molecule has 0 aliphatic heterocycles. The number of hydrogen-bond acceptors (Lipinski definition) is 2. The maximum atomic E-state index is 11.8. The van der Waals surface area contributed by atoms with Crippen molar-refractivity contribution < 1.29 is 9.90 Å². The number of carbonyl (C=O) groups is 1. The van der Waals surface area contributed by atoms with E-state index in [2.05, 4.69) is 21.2 Å². The lowest BCUT2D eigenvalue weighted by molar-refractivity contribution is -0.142. The van der Waals surface area contributed by atoms with Crippen LogP contribution in [0.4, 0.5) is 5.69 Å². The zero-order valence-electron chi connectivity index (χ0n) is 11.7. The summed E-state index contributed by atoms with van der Waals surface area (Å²) in [6.07, 6.45) is 0. The SMILES string of the molecule is Cc1ccccc1NC(C)(C(=O)O)c1ccc(Br)cc1Cl. The van der Waals surface area contributed by atoms with Crippen LogP contribution in [0.25, 0.3) is 0 Å². The molecule has 2 aromatic carbocycles. The molecule has 0 bridgehead atoms. The second kappa shape index (κ2) is 6.08. The summed E-state index contributed by atoms with van der Waals surface area (Å²) < 4.78 is 0.805. The Labute approximate surface area is 137 Å². The minimum Gasteiger partial charge on any atom is -0.479 e. The van der Waals surface area contributed by atoms with Gasteiger partial charge in [0.2, 0.25) is 0 Å². The Balaban J connectivity index is 2.51. The standard InChI is InChI=1S/C16H15BrClNO2/c1-10-5-3-4-6-14(10)19-16(2,15(20)21)12-8-7-11(17)9-13(12)18/h3-9,19H,1-2H3,(H,20,21). The number of anilines is 1. The van der Waals surface area contributed by atoms with Crippen molar-refractivity contribution in [3.63, 3.8) is 0 Å². The molecule has 1 unspecified atom stereocenters. The Morgan fingerprint density at radius 2 is 1.95 bits per heavy atom. The van der Waals surface area contributed by atoms with Crippen molar-refractivity contribution in [1.29, 1.82) is 0 Å². The maximum Gasteiger partial charge on any atom is 0.333 e. The van der Waals surface area contributed by atoms with Crippen molar-refractivity contribution in [2.45, 2.75) is 19.4 Å². The highest BCUT2D eigenvalue weighted by atomic mass is 79.9. The lowest BCUT2D eigenvalue weighted by Crippen LogP contribution is -2.41. The summed E-state index contributed by atoms with van der Waals surface area (Å²) in [5.41, 5.74) is 0.937. The van der Waals surface area contributed by atoms with Gasteiger partial charge in [0.1, 0.15) is 0 Å². The van der Waals surface area contributed by atoms with Crippen LogP contribution in [0.15, 0.2) is 46.9 Å². The van der Waals surface area contributed by atoms with E-state index in [0.717, 1.165) is 15.7 Å². The summed E-state index contributed by atoms with van der Waals surface area (Å²) in [7, 11) is 0. The molecule has 0 radical (unpaired) electrons. The minimum atomic E-state index is -1.32. The van der Waals surface area contributed by atoms with Gasteiger partial charge in [-0.3, -0.25) is 0 Å². The van der Waals surface area contributed by atoms with Crippen LogP contribution in [0, 0.1) is 6.92 Å². The van der Waals surface area contributed by atoms with Gasteiger partial charge < -0.3 is 10.4 Å². The molecule has 0 spiro atoms.